The predicted molar refractivity (Wildman–Crippen MR) is 31.1 cm³/mol. The van der Waals surface area contributed by atoms with Crippen LogP contribution in [0.25, 0.3) is 0 Å². The molecule has 3 nitrogen and oxygen atoms in total. The molecule has 0 fully saturated rings. The summed E-state index contributed by atoms with van der Waals surface area (Å²) in [6, 6.07) is 0. The normalized spacial score (nSPS) is 7.09. The van der Waals surface area contributed by atoms with Gasteiger partial charge in [0.25, 0.3) is 0 Å². The van der Waals surface area contributed by atoms with Crippen molar-refractivity contribution in [3.05, 3.63) is 18.2 Å². The molecule has 11 heavy (non-hydrogen) atoms. The molecule has 0 spiro atoms. The summed E-state index contributed by atoms with van der Waals surface area (Å²) in [6.45, 7) is 0.517. The van der Waals surface area contributed by atoms with Crippen molar-refractivity contribution in [2.24, 2.45) is 12.8 Å². The van der Waals surface area contributed by atoms with Crippen molar-refractivity contribution in [3.63, 3.8) is 0 Å². The van der Waals surface area contributed by atoms with E-state index in [2.05, 4.69) is 4.98 Å². The number of hydrogen-bond acceptors (Lipinski definition) is 2. The Balaban J connectivity index is -0.000000213. The zero-order valence-corrected chi connectivity index (χ0v) is 9.69. The maximum absolute atomic E-state index is 5.31. The second-order valence-electron chi connectivity index (χ2n) is 1.66. The fraction of sp³-hybridized carbons (Fsp3) is 0.400. The minimum atomic E-state index is 0. The van der Waals surface area contributed by atoms with Gasteiger partial charge >= 0.3 is 21.1 Å². The van der Waals surface area contributed by atoms with Gasteiger partial charge in [0, 0.05) is 19.4 Å². The number of halogens is 2. The van der Waals surface area contributed by atoms with E-state index in [9.17, 15) is 0 Å². The quantitative estimate of drug-likeness (QED) is 0.530. The summed E-state index contributed by atoms with van der Waals surface area (Å²) < 4.78 is 1.90. The van der Waals surface area contributed by atoms with E-state index in [-0.39, 0.29) is 45.9 Å². The van der Waals surface area contributed by atoms with Crippen LogP contribution in [-0.4, -0.2) is 9.55 Å². The molecule has 0 aliphatic heterocycles. The number of aromatic nitrogens is 2. The summed E-state index contributed by atoms with van der Waals surface area (Å²) >= 11 is 0. The van der Waals surface area contributed by atoms with Crippen molar-refractivity contribution >= 4 is 0 Å². The van der Waals surface area contributed by atoms with Gasteiger partial charge in [0.2, 0.25) is 0 Å². The molecule has 1 heterocycles. The molecule has 0 aliphatic rings. The molecule has 0 saturated heterocycles. The molecule has 0 aromatic carbocycles. The Hall–Kier alpha value is 0.438. The third-order valence-corrected chi connectivity index (χ3v) is 1.10. The molecule has 0 unspecified atom stereocenters. The number of nitrogens with zero attached hydrogens (tertiary/aromatic N) is 2. The second-order valence-corrected chi connectivity index (χ2v) is 1.66. The van der Waals surface area contributed by atoms with E-state index in [0.29, 0.717) is 6.54 Å². The van der Waals surface area contributed by atoms with Crippen LogP contribution < -0.4 is 30.5 Å². The van der Waals surface area contributed by atoms with Gasteiger partial charge < -0.3 is 35.1 Å². The van der Waals surface area contributed by atoms with E-state index in [1.807, 2.05) is 17.8 Å². The van der Waals surface area contributed by atoms with E-state index in [0.717, 1.165) is 5.82 Å². The Bertz CT molecular complexity index is 180. The maximum Gasteiger partial charge on any atom is 2.00 e. The minimum absolute atomic E-state index is 0. The smallest absolute Gasteiger partial charge is 1.00 e. The minimum Gasteiger partial charge on any atom is -1.00 e. The van der Waals surface area contributed by atoms with E-state index in [4.69, 9.17) is 5.73 Å². The first-order valence-electron chi connectivity index (χ1n) is 2.51. The number of nitrogens with two attached hydrogens (primary N) is 1. The molecule has 0 saturated carbocycles. The molecule has 0 amide bonds. The Kier molecular flexibility index (Phi) is 13.6. The fourth-order valence-corrected chi connectivity index (χ4v) is 0.593. The molecule has 6 heteroatoms. The first kappa shape index (κ1) is 17.5. The van der Waals surface area contributed by atoms with Crippen LogP contribution in [0.2, 0.25) is 0 Å². The van der Waals surface area contributed by atoms with Gasteiger partial charge in [0.05, 0.1) is 6.54 Å². The molecular formula is C5H9Cl2N3Pt. The number of imidazole rings is 1. The van der Waals surface area contributed by atoms with E-state index in [1.54, 1.807) is 6.20 Å². The Labute approximate surface area is 92.8 Å². The summed E-state index contributed by atoms with van der Waals surface area (Å²) in [6.07, 6.45) is 3.62. The molecule has 0 radical (unpaired) electrons. The average molecular weight is 377 g/mol. The van der Waals surface area contributed by atoms with Gasteiger partial charge in [-0.1, -0.05) is 0 Å². The average Bonchev–Trinajstić information content (AvgIpc) is 2.14. The maximum atomic E-state index is 5.31. The van der Waals surface area contributed by atoms with Gasteiger partial charge in [0.1, 0.15) is 5.82 Å². The van der Waals surface area contributed by atoms with Crippen LogP contribution in [-0.2, 0) is 34.7 Å². The van der Waals surface area contributed by atoms with Crippen LogP contribution in [0.1, 0.15) is 5.82 Å². The van der Waals surface area contributed by atoms with Crippen LogP contribution in [0.15, 0.2) is 12.4 Å². The largest absolute Gasteiger partial charge is 2.00 e. The van der Waals surface area contributed by atoms with E-state index in [1.165, 1.54) is 0 Å². The second kappa shape index (κ2) is 8.53. The van der Waals surface area contributed by atoms with Crippen molar-refractivity contribution in [1.29, 1.82) is 0 Å². The summed E-state index contributed by atoms with van der Waals surface area (Å²) in [5, 5.41) is 0. The zero-order chi connectivity index (χ0) is 5.98. The summed E-state index contributed by atoms with van der Waals surface area (Å²) in [5.74, 6) is 0.921. The molecule has 1 aromatic rings. The number of aryl methyl sites for hydroxylation is 1. The van der Waals surface area contributed by atoms with Gasteiger partial charge in [-0.15, -0.1) is 0 Å². The van der Waals surface area contributed by atoms with Gasteiger partial charge in [-0.05, 0) is 0 Å². The molecule has 0 atom stereocenters. The van der Waals surface area contributed by atoms with Crippen molar-refractivity contribution in [1.82, 2.24) is 9.55 Å². The molecule has 1 rings (SSSR count). The number of rotatable bonds is 1. The van der Waals surface area contributed by atoms with Crippen LogP contribution in [0.5, 0.6) is 0 Å². The molecule has 0 bridgehead atoms. The Morgan fingerprint density at radius 1 is 1.55 bits per heavy atom. The van der Waals surface area contributed by atoms with Gasteiger partial charge in [-0.2, -0.15) is 0 Å². The van der Waals surface area contributed by atoms with Gasteiger partial charge in [-0.25, -0.2) is 4.98 Å². The molecule has 0 aliphatic carbocycles. The third kappa shape index (κ3) is 4.80. The van der Waals surface area contributed by atoms with Crippen LogP contribution in [0.3, 0.4) is 0 Å². The first-order chi connectivity index (χ1) is 3.84. The number of hydrogen-bond donors (Lipinski definition) is 1. The summed E-state index contributed by atoms with van der Waals surface area (Å²) in [4.78, 5) is 3.97. The zero-order valence-electron chi connectivity index (χ0n) is 5.91. The Morgan fingerprint density at radius 2 is 2.09 bits per heavy atom. The van der Waals surface area contributed by atoms with Crippen molar-refractivity contribution in [2.75, 3.05) is 0 Å². The third-order valence-electron chi connectivity index (χ3n) is 1.10. The van der Waals surface area contributed by atoms with Crippen LogP contribution in [0.4, 0.5) is 0 Å². The summed E-state index contributed by atoms with van der Waals surface area (Å²) in [7, 11) is 1.93. The molecule has 68 valence electrons. The molecular weight excluding hydrogens is 368 g/mol. The van der Waals surface area contributed by atoms with Crippen molar-refractivity contribution in [2.45, 2.75) is 6.54 Å². The SMILES string of the molecule is Cn1ccnc1CN.[Cl-].[Cl-].[Pt+2]. The van der Waals surface area contributed by atoms with Gasteiger partial charge in [-0.3, -0.25) is 0 Å². The fourth-order valence-electron chi connectivity index (χ4n) is 0.593. The van der Waals surface area contributed by atoms with Gasteiger partial charge in [0.15, 0.2) is 0 Å². The topological polar surface area (TPSA) is 43.8 Å². The predicted octanol–water partition coefficient (Wildman–Crippen LogP) is -6.12. The molecule has 2 N–H and O–H groups in total. The van der Waals surface area contributed by atoms with Crippen molar-refractivity contribution in [3.8, 4) is 0 Å². The van der Waals surface area contributed by atoms with Crippen LogP contribution in [0, 0.1) is 0 Å². The Morgan fingerprint density at radius 3 is 2.27 bits per heavy atom. The molecule has 1 aromatic heterocycles. The van der Waals surface area contributed by atoms with Crippen LogP contribution >= 0.6 is 0 Å². The van der Waals surface area contributed by atoms with Crippen molar-refractivity contribution < 1.29 is 45.9 Å². The monoisotopic (exact) mass is 376 g/mol. The van der Waals surface area contributed by atoms with E-state index >= 15 is 0 Å². The van der Waals surface area contributed by atoms with E-state index < -0.39 is 0 Å². The first-order valence-corrected chi connectivity index (χ1v) is 2.51. The summed E-state index contributed by atoms with van der Waals surface area (Å²) in [5.41, 5.74) is 5.31. The standard InChI is InChI=1S/C5H9N3.2ClH.Pt/c1-8-3-2-7-5(8)4-6;;;/h2-3H,4,6H2,1H3;2*1H;/q;;;+2/p-2.